The highest BCUT2D eigenvalue weighted by atomic mass is 16.6. The number of aromatic carboxylic acids is 1. The fourth-order valence-corrected chi connectivity index (χ4v) is 1.09. The van der Waals surface area contributed by atoms with Crippen LogP contribution in [0.25, 0.3) is 0 Å². The van der Waals surface area contributed by atoms with Crippen molar-refractivity contribution in [3.05, 3.63) is 39.4 Å². The van der Waals surface area contributed by atoms with Crippen LogP contribution in [0.2, 0.25) is 0 Å². The Hall–Kier alpha value is -2.88. The highest BCUT2D eigenvalue weighted by Gasteiger charge is 2.15. The topological polar surface area (TPSA) is 107 Å². The molecule has 1 aromatic carbocycles. The van der Waals surface area contributed by atoms with Crippen LogP contribution in [0.15, 0.2) is 18.2 Å². The third-order valence-electron chi connectivity index (χ3n) is 1.93. The largest absolute Gasteiger partial charge is 0.478 e. The van der Waals surface area contributed by atoms with Crippen LogP contribution in [-0.2, 0) is 9.53 Å². The summed E-state index contributed by atoms with van der Waals surface area (Å²) in [7, 11) is 1.12. The summed E-state index contributed by atoms with van der Waals surface area (Å²) in [4.78, 5) is 31.4. The molecule has 0 bridgehead atoms. The maximum Gasteiger partial charge on any atom is 0.384 e. The Morgan fingerprint density at radius 1 is 1.44 bits per heavy atom. The molecule has 0 saturated heterocycles. The van der Waals surface area contributed by atoms with Crippen LogP contribution in [0.5, 0.6) is 0 Å². The molecule has 92 valence electrons. The smallest absolute Gasteiger partial charge is 0.384 e. The number of nitro benzene ring substituents is 1. The molecule has 0 unspecified atom stereocenters. The van der Waals surface area contributed by atoms with Crippen molar-refractivity contribution in [3.8, 4) is 11.8 Å². The predicted molar refractivity (Wildman–Crippen MR) is 58.9 cm³/mol. The first-order chi connectivity index (χ1) is 8.45. The number of hydrogen-bond acceptors (Lipinski definition) is 5. The Morgan fingerprint density at radius 2 is 2.11 bits per heavy atom. The summed E-state index contributed by atoms with van der Waals surface area (Å²) < 4.78 is 4.26. The molecule has 0 atom stereocenters. The number of rotatable bonds is 2. The monoisotopic (exact) mass is 249 g/mol. The first-order valence-electron chi connectivity index (χ1n) is 4.57. The average molecular weight is 249 g/mol. The van der Waals surface area contributed by atoms with E-state index in [2.05, 4.69) is 10.7 Å². The van der Waals surface area contributed by atoms with E-state index in [9.17, 15) is 19.7 Å². The normalized spacial score (nSPS) is 8.94. The molecular formula is C11H7NO6. The molecule has 0 aliphatic carbocycles. The van der Waals surface area contributed by atoms with Gasteiger partial charge in [-0.25, -0.2) is 9.59 Å². The minimum atomic E-state index is -1.29. The zero-order chi connectivity index (χ0) is 13.7. The number of carboxylic acids is 1. The van der Waals surface area contributed by atoms with Gasteiger partial charge in [0.15, 0.2) is 0 Å². The number of carboxylic acid groups (broad SMARTS) is 1. The van der Waals surface area contributed by atoms with E-state index in [1.165, 1.54) is 0 Å². The molecule has 18 heavy (non-hydrogen) atoms. The molecule has 0 saturated carbocycles. The molecule has 0 amide bonds. The highest BCUT2D eigenvalue weighted by Crippen LogP contribution is 2.19. The third kappa shape index (κ3) is 3.05. The van der Waals surface area contributed by atoms with Crippen molar-refractivity contribution >= 4 is 17.6 Å². The second-order valence-corrected chi connectivity index (χ2v) is 3.04. The quantitative estimate of drug-likeness (QED) is 0.360. The lowest BCUT2D eigenvalue weighted by molar-refractivity contribution is -0.385. The number of ether oxygens (including phenoxy) is 1. The van der Waals surface area contributed by atoms with E-state index in [0.29, 0.717) is 0 Å². The Kier molecular flexibility index (Phi) is 3.99. The molecule has 1 N–H and O–H groups in total. The van der Waals surface area contributed by atoms with Crippen molar-refractivity contribution < 1.29 is 24.4 Å². The van der Waals surface area contributed by atoms with E-state index in [0.717, 1.165) is 25.3 Å². The van der Waals surface area contributed by atoms with Crippen molar-refractivity contribution in [2.24, 2.45) is 0 Å². The summed E-state index contributed by atoms with van der Waals surface area (Å²) in [6, 6.07) is 3.21. The molecule has 0 aliphatic rings. The summed E-state index contributed by atoms with van der Waals surface area (Å²) in [5.74, 6) is 2.15. The van der Waals surface area contributed by atoms with E-state index in [-0.39, 0.29) is 11.1 Å². The minimum absolute atomic E-state index is 0.0598. The second-order valence-electron chi connectivity index (χ2n) is 3.04. The zero-order valence-electron chi connectivity index (χ0n) is 9.17. The van der Waals surface area contributed by atoms with Crippen LogP contribution >= 0.6 is 0 Å². The number of methoxy groups -OCH3 is 1. The summed E-state index contributed by atoms with van der Waals surface area (Å²) in [5.41, 5.74) is -0.771. The number of esters is 1. The van der Waals surface area contributed by atoms with Crippen LogP contribution in [0, 0.1) is 22.0 Å². The number of benzene rings is 1. The maximum atomic E-state index is 10.8. The molecule has 0 heterocycles. The van der Waals surface area contributed by atoms with Gasteiger partial charge in [0.2, 0.25) is 0 Å². The van der Waals surface area contributed by atoms with Gasteiger partial charge in [0.05, 0.1) is 17.6 Å². The molecule has 1 aromatic rings. The van der Waals surface area contributed by atoms with Crippen LogP contribution in [0.1, 0.15) is 15.9 Å². The number of nitro groups is 1. The van der Waals surface area contributed by atoms with E-state index in [1.807, 2.05) is 5.92 Å². The molecular weight excluding hydrogens is 242 g/mol. The van der Waals surface area contributed by atoms with Crippen molar-refractivity contribution in [1.82, 2.24) is 0 Å². The van der Waals surface area contributed by atoms with Gasteiger partial charge in [0.25, 0.3) is 5.69 Å². The number of carbonyl (C=O) groups excluding carboxylic acids is 1. The van der Waals surface area contributed by atoms with Gasteiger partial charge in [-0.3, -0.25) is 10.1 Å². The molecule has 7 heteroatoms. The van der Waals surface area contributed by atoms with Crippen molar-refractivity contribution in [3.63, 3.8) is 0 Å². The highest BCUT2D eigenvalue weighted by molar-refractivity contribution is 5.90. The van der Waals surface area contributed by atoms with Crippen LogP contribution < -0.4 is 0 Å². The first kappa shape index (κ1) is 13.2. The minimum Gasteiger partial charge on any atom is -0.478 e. The van der Waals surface area contributed by atoms with Gasteiger partial charge in [-0.1, -0.05) is 0 Å². The molecule has 0 radical (unpaired) electrons. The van der Waals surface area contributed by atoms with E-state index in [1.54, 1.807) is 0 Å². The molecule has 0 aromatic heterocycles. The van der Waals surface area contributed by atoms with E-state index >= 15 is 0 Å². The number of hydrogen-bond donors (Lipinski definition) is 1. The van der Waals surface area contributed by atoms with Gasteiger partial charge < -0.3 is 9.84 Å². The predicted octanol–water partition coefficient (Wildman–Crippen LogP) is 0.817. The van der Waals surface area contributed by atoms with Gasteiger partial charge in [0.1, 0.15) is 5.56 Å². The maximum absolute atomic E-state index is 10.8. The van der Waals surface area contributed by atoms with Crippen molar-refractivity contribution in [2.75, 3.05) is 7.11 Å². The lowest BCUT2D eigenvalue weighted by Crippen LogP contribution is -2.00. The van der Waals surface area contributed by atoms with Crippen LogP contribution in [0.4, 0.5) is 5.69 Å². The van der Waals surface area contributed by atoms with E-state index in [4.69, 9.17) is 5.11 Å². The third-order valence-corrected chi connectivity index (χ3v) is 1.93. The fraction of sp³-hybridized carbons (Fsp3) is 0.0909. The van der Waals surface area contributed by atoms with E-state index < -0.39 is 22.5 Å². The van der Waals surface area contributed by atoms with Gasteiger partial charge in [0, 0.05) is 12.0 Å². The Bertz CT molecular complexity index is 581. The average Bonchev–Trinajstić information content (AvgIpc) is 2.35. The van der Waals surface area contributed by atoms with Gasteiger partial charge in [-0.15, -0.1) is 0 Å². The molecule has 7 nitrogen and oxygen atoms in total. The Balaban J connectivity index is 3.27. The van der Waals surface area contributed by atoms with Crippen LogP contribution in [0.3, 0.4) is 0 Å². The second kappa shape index (κ2) is 5.45. The first-order valence-corrected chi connectivity index (χ1v) is 4.57. The van der Waals surface area contributed by atoms with Crippen molar-refractivity contribution in [2.45, 2.75) is 0 Å². The molecule has 0 spiro atoms. The Labute approximate surface area is 101 Å². The number of carbonyl (C=O) groups is 2. The van der Waals surface area contributed by atoms with Crippen LogP contribution in [-0.4, -0.2) is 29.1 Å². The fourth-order valence-electron chi connectivity index (χ4n) is 1.09. The lowest BCUT2D eigenvalue weighted by atomic mass is 10.1. The lowest BCUT2D eigenvalue weighted by Gasteiger charge is -1.97. The summed E-state index contributed by atoms with van der Waals surface area (Å²) >= 11 is 0. The standard InChI is InChI=1S/C11H7NO6/c1-18-10(13)5-4-7-2-3-8(11(14)15)6-9(7)12(16)17/h2-3,6H,1H3,(H,14,15). The number of nitrogens with zero attached hydrogens (tertiary/aromatic N) is 1. The summed E-state index contributed by atoms with van der Waals surface area (Å²) in [6.45, 7) is 0. The van der Waals surface area contributed by atoms with Gasteiger partial charge >= 0.3 is 11.9 Å². The molecule has 1 rings (SSSR count). The zero-order valence-corrected chi connectivity index (χ0v) is 9.17. The SMILES string of the molecule is COC(=O)C#Cc1ccc(C(=O)O)cc1[N+](=O)[O-]. The van der Waals surface area contributed by atoms with Crippen molar-refractivity contribution in [1.29, 1.82) is 0 Å². The molecule has 0 fully saturated rings. The van der Waals surface area contributed by atoms with Gasteiger partial charge in [-0.2, -0.15) is 0 Å². The molecule has 0 aliphatic heterocycles. The summed E-state index contributed by atoms with van der Waals surface area (Å²) in [6.07, 6.45) is 0. The summed E-state index contributed by atoms with van der Waals surface area (Å²) in [5, 5.41) is 19.4. The van der Waals surface area contributed by atoms with Gasteiger partial charge in [-0.05, 0) is 18.1 Å². The Morgan fingerprint density at radius 3 is 2.61 bits per heavy atom.